The van der Waals surface area contributed by atoms with E-state index in [1.807, 2.05) is 6.07 Å². The van der Waals surface area contributed by atoms with Crippen LogP contribution in [0.3, 0.4) is 0 Å². The second-order valence-corrected chi connectivity index (χ2v) is 6.80. The first-order chi connectivity index (χ1) is 8.83. The molecule has 0 atom stereocenters. The van der Waals surface area contributed by atoms with E-state index in [0.717, 1.165) is 31.1 Å². The maximum Gasteiger partial charge on any atom is 0.0410 e. The lowest BCUT2D eigenvalue weighted by molar-refractivity contribution is 0.418. The third kappa shape index (κ3) is 5.84. The molecule has 0 aromatic heterocycles. The molecule has 0 heterocycles. The standard InChI is InChI=1S/C16H27ClN2/c1-6-9-18-11-13-10-14(17)7-8-15(13)19(5)12-16(2,3)4/h7-8,10,18H,6,9,11-12H2,1-5H3. The number of hydrogen-bond acceptors (Lipinski definition) is 2. The smallest absolute Gasteiger partial charge is 0.0410 e. The van der Waals surface area contributed by atoms with Gasteiger partial charge in [-0.1, -0.05) is 39.3 Å². The van der Waals surface area contributed by atoms with Crippen LogP contribution in [0.2, 0.25) is 5.02 Å². The minimum Gasteiger partial charge on any atom is -0.374 e. The zero-order valence-corrected chi connectivity index (χ0v) is 13.6. The summed E-state index contributed by atoms with van der Waals surface area (Å²) in [6.07, 6.45) is 1.15. The van der Waals surface area contributed by atoms with Crippen molar-refractivity contribution < 1.29 is 0 Å². The van der Waals surface area contributed by atoms with E-state index in [4.69, 9.17) is 11.6 Å². The lowest BCUT2D eigenvalue weighted by Gasteiger charge is -2.30. The molecule has 0 saturated carbocycles. The summed E-state index contributed by atoms with van der Waals surface area (Å²) < 4.78 is 0. The van der Waals surface area contributed by atoms with E-state index in [-0.39, 0.29) is 5.41 Å². The molecule has 0 saturated heterocycles. The lowest BCUT2D eigenvalue weighted by Crippen LogP contribution is -2.30. The molecular formula is C16H27ClN2. The van der Waals surface area contributed by atoms with Crippen LogP contribution in [0.4, 0.5) is 5.69 Å². The van der Waals surface area contributed by atoms with Crippen molar-refractivity contribution in [3.8, 4) is 0 Å². The fourth-order valence-electron chi connectivity index (χ4n) is 2.26. The third-order valence-electron chi connectivity index (χ3n) is 2.91. The normalized spacial score (nSPS) is 11.7. The van der Waals surface area contributed by atoms with Gasteiger partial charge in [-0.3, -0.25) is 0 Å². The summed E-state index contributed by atoms with van der Waals surface area (Å²) in [5.41, 5.74) is 2.82. The van der Waals surface area contributed by atoms with Crippen molar-refractivity contribution in [2.75, 3.05) is 25.0 Å². The van der Waals surface area contributed by atoms with Crippen molar-refractivity contribution in [2.24, 2.45) is 5.41 Å². The molecule has 108 valence electrons. The average Bonchev–Trinajstić information content (AvgIpc) is 2.27. The van der Waals surface area contributed by atoms with Gasteiger partial charge in [-0.15, -0.1) is 0 Å². The quantitative estimate of drug-likeness (QED) is 0.782. The number of nitrogens with zero attached hydrogens (tertiary/aromatic N) is 1. The molecule has 1 N–H and O–H groups in total. The zero-order chi connectivity index (χ0) is 14.5. The Hall–Kier alpha value is -0.730. The molecule has 0 aliphatic carbocycles. The van der Waals surface area contributed by atoms with E-state index in [1.54, 1.807) is 0 Å². The van der Waals surface area contributed by atoms with Gasteiger partial charge >= 0.3 is 0 Å². The van der Waals surface area contributed by atoms with Gasteiger partial charge in [-0.25, -0.2) is 0 Å². The summed E-state index contributed by atoms with van der Waals surface area (Å²) in [5, 5.41) is 4.26. The minimum atomic E-state index is 0.280. The van der Waals surface area contributed by atoms with Gasteiger partial charge in [-0.2, -0.15) is 0 Å². The van der Waals surface area contributed by atoms with Crippen LogP contribution in [0, 0.1) is 5.41 Å². The molecule has 0 fully saturated rings. The highest BCUT2D eigenvalue weighted by atomic mass is 35.5. The molecule has 0 unspecified atom stereocenters. The van der Waals surface area contributed by atoms with Crippen LogP contribution in [-0.4, -0.2) is 20.1 Å². The van der Waals surface area contributed by atoms with Crippen molar-refractivity contribution in [3.63, 3.8) is 0 Å². The largest absolute Gasteiger partial charge is 0.374 e. The van der Waals surface area contributed by atoms with Gasteiger partial charge in [0.1, 0.15) is 0 Å². The predicted octanol–water partition coefficient (Wildman–Crippen LogP) is 4.32. The molecular weight excluding hydrogens is 256 g/mol. The van der Waals surface area contributed by atoms with Gasteiger partial charge in [0, 0.05) is 30.8 Å². The van der Waals surface area contributed by atoms with Gasteiger partial charge in [0.15, 0.2) is 0 Å². The zero-order valence-electron chi connectivity index (χ0n) is 12.9. The molecule has 1 aromatic rings. The monoisotopic (exact) mass is 282 g/mol. The second kappa shape index (κ2) is 7.16. The fourth-order valence-corrected chi connectivity index (χ4v) is 2.46. The molecule has 0 spiro atoms. The molecule has 1 rings (SSSR count). The van der Waals surface area contributed by atoms with Crippen LogP contribution >= 0.6 is 11.6 Å². The van der Waals surface area contributed by atoms with Crippen LogP contribution in [0.15, 0.2) is 18.2 Å². The van der Waals surface area contributed by atoms with E-state index in [9.17, 15) is 0 Å². The number of benzene rings is 1. The summed E-state index contributed by atoms with van der Waals surface area (Å²) in [6, 6.07) is 6.16. The number of nitrogens with one attached hydrogen (secondary N) is 1. The Balaban J connectivity index is 2.86. The van der Waals surface area contributed by atoms with Crippen LogP contribution < -0.4 is 10.2 Å². The van der Waals surface area contributed by atoms with Crippen molar-refractivity contribution in [1.29, 1.82) is 0 Å². The van der Waals surface area contributed by atoms with E-state index in [1.165, 1.54) is 11.3 Å². The van der Waals surface area contributed by atoms with Crippen molar-refractivity contribution in [3.05, 3.63) is 28.8 Å². The first-order valence-corrected chi connectivity index (χ1v) is 7.41. The highest BCUT2D eigenvalue weighted by molar-refractivity contribution is 6.30. The van der Waals surface area contributed by atoms with E-state index in [0.29, 0.717) is 0 Å². The molecule has 0 aliphatic heterocycles. The first kappa shape index (κ1) is 16.3. The average molecular weight is 283 g/mol. The highest BCUT2D eigenvalue weighted by Crippen LogP contribution is 2.26. The number of rotatable bonds is 6. The molecule has 0 radical (unpaired) electrons. The van der Waals surface area contributed by atoms with E-state index in [2.05, 4.69) is 57.1 Å². The summed E-state index contributed by atoms with van der Waals surface area (Å²) in [7, 11) is 2.15. The molecule has 0 amide bonds. The van der Waals surface area contributed by atoms with Gasteiger partial charge in [-0.05, 0) is 42.1 Å². The van der Waals surface area contributed by atoms with Gasteiger partial charge in [0.25, 0.3) is 0 Å². The summed E-state index contributed by atoms with van der Waals surface area (Å²) in [6.45, 7) is 11.9. The summed E-state index contributed by atoms with van der Waals surface area (Å²) >= 11 is 6.12. The van der Waals surface area contributed by atoms with Crippen LogP contribution in [0.1, 0.15) is 39.7 Å². The second-order valence-electron chi connectivity index (χ2n) is 6.37. The molecule has 0 aliphatic rings. The SMILES string of the molecule is CCCNCc1cc(Cl)ccc1N(C)CC(C)(C)C. The Labute approximate surface area is 123 Å². The molecule has 19 heavy (non-hydrogen) atoms. The van der Waals surface area contributed by atoms with Gasteiger partial charge < -0.3 is 10.2 Å². The Morgan fingerprint density at radius 3 is 2.53 bits per heavy atom. The van der Waals surface area contributed by atoms with Crippen LogP contribution in [0.5, 0.6) is 0 Å². The fraction of sp³-hybridized carbons (Fsp3) is 0.625. The Morgan fingerprint density at radius 1 is 1.26 bits per heavy atom. The van der Waals surface area contributed by atoms with Crippen molar-refractivity contribution in [2.45, 2.75) is 40.7 Å². The maximum absolute atomic E-state index is 6.12. The van der Waals surface area contributed by atoms with E-state index >= 15 is 0 Å². The number of hydrogen-bond donors (Lipinski definition) is 1. The Kier molecular flexibility index (Phi) is 6.15. The predicted molar refractivity (Wildman–Crippen MR) is 86.2 cm³/mol. The van der Waals surface area contributed by atoms with Crippen molar-refractivity contribution in [1.82, 2.24) is 5.32 Å². The maximum atomic E-state index is 6.12. The molecule has 1 aromatic carbocycles. The molecule has 0 bridgehead atoms. The summed E-state index contributed by atoms with van der Waals surface area (Å²) in [4.78, 5) is 2.32. The molecule has 3 heteroatoms. The van der Waals surface area contributed by atoms with Crippen LogP contribution in [0.25, 0.3) is 0 Å². The van der Waals surface area contributed by atoms with Crippen LogP contribution in [-0.2, 0) is 6.54 Å². The Bertz CT molecular complexity index is 396. The van der Waals surface area contributed by atoms with Crippen molar-refractivity contribution >= 4 is 17.3 Å². The van der Waals surface area contributed by atoms with Gasteiger partial charge in [0.2, 0.25) is 0 Å². The topological polar surface area (TPSA) is 15.3 Å². The third-order valence-corrected chi connectivity index (χ3v) is 3.14. The van der Waals surface area contributed by atoms with E-state index < -0.39 is 0 Å². The number of anilines is 1. The first-order valence-electron chi connectivity index (χ1n) is 7.04. The van der Waals surface area contributed by atoms with Gasteiger partial charge in [0.05, 0.1) is 0 Å². The number of halogens is 1. The minimum absolute atomic E-state index is 0.280. The lowest BCUT2D eigenvalue weighted by atomic mass is 9.95. The molecule has 2 nitrogen and oxygen atoms in total. The highest BCUT2D eigenvalue weighted by Gasteiger charge is 2.16. The Morgan fingerprint density at radius 2 is 1.95 bits per heavy atom. The summed E-state index contributed by atoms with van der Waals surface area (Å²) in [5.74, 6) is 0.